The highest BCUT2D eigenvalue weighted by Gasteiger charge is 2.29. The van der Waals surface area contributed by atoms with Crippen molar-refractivity contribution in [1.29, 1.82) is 0 Å². The molecule has 0 saturated heterocycles. The minimum atomic E-state index is -3.49. The summed E-state index contributed by atoms with van der Waals surface area (Å²) in [5, 5.41) is -0.660. The Bertz CT molecular complexity index is 738. The molecular weight excluding hydrogens is 312 g/mol. The van der Waals surface area contributed by atoms with Crippen molar-refractivity contribution in [3.05, 3.63) is 54.1 Å². The van der Waals surface area contributed by atoms with E-state index in [1.54, 1.807) is 31.4 Å². The Labute approximate surface area is 137 Å². The molecule has 2 rings (SSSR count). The quantitative estimate of drug-likeness (QED) is 0.868. The number of ether oxygens (including phenoxy) is 1. The smallest absolute Gasteiger partial charge is 0.190 e. The third-order valence-electron chi connectivity index (χ3n) is 3.81. The average molecular weight is 335 g/mol. The molecule has 2 aromatic carbocycles. The largest absolute Gasteiger partial charge is 0.497 e. The molecule has 0 heterocycles. The Balaban J connectivity index is 2.37. The average Bonchev–Trinajstić information content (AvgIpc) is 2.56. The first-order valence-corrected chi connectivity index (χ1v) is 8.89. The lowest BCUT2D eigenvalue weighted by molar-refractivity contribution is -0.367. The molecule has 0 radical (unpaired) electrons. The first-order valence-electron chi connectivity index (χ1n) is 7.34. The van der Waals surface area contributed by atoms with E-state index in [0.717, 1.165) is 11.3 Å². The zero-order chi connectivity index (χ0) is 17.0. The molecule has 3 N–H and O–H groups in total. The van der Waals surface area contributed by atoms with Gasteiger partial charge in [0.2, 0.25) is 0 Å². The minimum absolute atomic E-state index is 0.273. The van der Waals surface area contributed by atoms with Gasteiger partial charge in [0.05, 0.1) is 18.6 Å². The second-order valence-corrected chi connectivity index (χ2v) is 7.61. The van der Waals surface area contributed by atoms with Gasteiger partial charge in [-0.05, 0) is 42.0 Å². The molecule has 124 valence electrons. The van der Waals surface area contributed by atoms with E-state index in [4.69, 9.17) is 4.74 Å². The Kier molecular flexibility index (Phi) is 5.28. The number of nitrogens with zero attached hydrogens (tertiary/aromatic N) is 1. The molecule has 0 saturated carbocycles. The lowest BCUT2D eigenvalue weighted by Crippen LogP contribution is -2.54. The summed E-state index contributed by atoms with van der Waals surface area (Å²) in [5.74, 6) is 0.630. The topological polar surface area (TPSA) is 74.2 Å². The van der Waals surface area contributed by atoms with Gasteiger partial charge in [-0.3, -0.25) is 0 Å². The Morgan fingerprint density at radius 2 is 1.61 bits per heavy atom. The van der Waals surface area contributed by atoms with Crippen molar-refractivity contribution < 1.29 is 18.9 Å². The summed E-state index contributed by atoms with van der Waals surface area (Å²) >= 11 is 0. The molecule has 0 aliphatic heterocycles. The van der Waals surface area contributed by atoms with Gasteiger partial charge in [0, 0.05) is 19.8 Å². The summed E-state index contributed by atoms with van der Waals surface area (Å²) in [7, 11) is 1.95. The highest BCUT2D eigenvalue weighted by atomic mass is 32.2. The van der Waals surface area contributed by atoms with Crippen molar-refractivity contribution in [2.24, 2.45) is 0 Å². The predicted octanol–water partition coefficient (Wildman–Crippen LogP) is 1.52. The molecule has 0 fully saturated rings. The van der Waals surface area contributed by atoms with Crippen LogP contribution in [0.15, 0.2) is 53.4 Å². The molecule has 23 heavy (non-hydrogen) atoms. The van der Waals surface area contributed by atoms with Gasteiger partial charge in [0.25, 0.3) is 0 Å². The fraction of sp³-hybridized carbons (Fsp3) is 0.294. The molecule has 0 unspecified atom stereocenters. The number of rotatable bonds is 6. The number of benzene rings is 2. The Morgan fingerprint density at radius 1 is 1.04 bits per heavy atom. The van der Waals surface area contributed by atoms with Crippen molar-refractivity contribution in [2.45, 2.75) is 10.1 Å². The zero-order valence-corrected chi connectivity index (χ0v) is 14.5. The fourth-order valence-corrected chi connectivity index (χ4v) is 4.09. The number of sulfone groups is 1. The maximum Gasteiger partial charge on any atom is 0.190 e. The molecule has 0 aromatic heterocycles. The molecule has 0 spiro atoms. The second kappa shape index (κ2) is 7.02. The summed E-state index contributed by atoms with van der Waals surface area (Å²) < 4.78 is 30.9. The summed E-state index contributed by atoms with van der Waals surface area (Å²) in [4.78, 5) is 2.25. The molecule has 0 aliphatic rings. The van der Waals surface area contributed by atoms with E-state index in [9.17, 15) is 8.42 Å². The number of hydrogen-bond acceptors (Lipinski definition) is 4. The summed E-state index contributed by atoms with van der Waals surface area (Å²) in [6.45, 7) is 0.273. The number of hydrogen-bond donors (Lipinski definition) is 1. The van der Waals surface area contributed by atoms with Crippen LogP contribution in [0.25, 0.3) is 0 Å². The van der Waals surface area contributed by atoms with Crippen LogP contribution < -0.4 is 15.4 Å². The van der Waals surface area contributed by atoms with Crippen LogP contribution in [0.4, 0.5) is 5.69 Å². The van der Waals surface area contributed by atoms with Gasteiger partial charge in [-0.2, -0.15) is 0 Å². The van der Waals surface area contributed by atoms with Gasteiger partial charge in [0.15, 0.2) is 9.84 Å². The van der Waals surface area contributed by atoms with Gasteiger partial charge < -0.3 is 15.4 Å². The van der Waals surface area contributed by atoms with Gasteiger partial charge in [-0.15, -0.1) is 0 Å². The molecule has 1 atom stereocenters. The SMILES string of the molecule is COc1ccc(S(=O)(=O)[C@@H](C[NH3+])c2ccc(N(C)C)cc2)cc1. The van der Waals surface area contributed by atoms with Crippen LogP contribution in [0.5, 0.6) is 5.75 Å². The van der Waals surface area contributed by atoms with Crippen LogP contribution in [0.3, 0.4) is 0 Å². The zero-order valence-electron chi connectivity index (χ0n) is 13.7. The van der Waals surface area contributed by atoms with E-state index < -0.39 is 15.1 Å². The first kappa shape index (κ1) is 17.3. The third kappa shape index (κ3) is 3.65. The summed E-state index contributed by atoms with van der Waals surface area (Å²) in [5.41, 5.74) is 5.61. The number of quaternary nitrogens is 1. The van der Waals surface area contributed by atoms with Gasteiger partial charge >= 0.3 is 0 Å². The van der Waals surface area contributed by atoms with Crippen LogP contribution in [0.2, 0.25) is 0 Å². The standard InChI is InChI=1S/C17H22N2O3S/c1-19(2)14-6-4-13(5-7-14)17(12-18)23(20,21)16-10-8-15(22-3)9-11-16/h4-11,17H,12,18H2,1-3H3/p+1/t17-/m0/s1. The molecule has 0 aliphatic carbocycles. The fourth-order valence-electron chi connectivity index (χ4n) is 2.42. The number of anilines is 1. The van der Waals surface area contributed by atoms with Gasteiger partial charge in [0.1, 0.15) is 11.0 Å². The van der Waals surface area contributed by atoms with E-state index >= 15 is 0 Å². The lowest BCUT2D eigenvalue weighted by atomic mass is 10.1. The van der Waals surface area contributed by atoms with Crippen LogP contribution in [-0.4, -0.2) is 36.2 Å². The Morgan fingerprint density at radius 3 is 2.04 bits per heavy atom. The molecule has 0 amide bonds. The van der Waals surface area contributed by atoms with Gasteiger partial charge in [-0.25, -0.2) is 8.42 Å². The maximum atomic E-state index is 12.9. The van der Waals surface area contributed by atoms with Crippen LogP contribution in [0.1, 0.15) is 10.8 Å². The Hall–Kier alpha value is -2.05. The van der Waals surface area contributed by atoms with Crippen molar-refractivity contribution in [1.82, 2.24) is 0 Å². The molecule has 0 bridgehead atoms. The normalized spacial score (nSPS) is 12.7. The van der Waals surface area contributed by atoms with Crippen LogP contribution in [-0.2, 0) is 9.84 Å². The van der Waals surface area contributed by atoms with E-state index in [1.165, 1.54) is 0 Å². The van der Waals surface area contributed by atoms with E-state index in [-0.39, 0.29) is 11.4 Å². The highest BCUT2D eigenvalue weighted by molar-refractivity contribution is 7.91. The van der Waals surface area contributed by atoms with Crippen LogP contribution >= 0.6 is 0 Å². The maximum absolute atomic E-state index is 12.9. The van der Waals surface area contributed by atoms with E-state index in [0.29, 0.717) is 5.75 Å². The monoisotopic (exact) mass is 335 g/mol. The van der Waals surface area contributed by atoms with Crippen molar-refractivity contribution in [2.75, 3.05) is 32.6 Å². The van der Waals surface area contributed by atoms with E-state index in [1.807, 2.05) is 43.3 Å². The van der Waals surface area contributed by atoms with Crippen LogP contribution in [0, 0.1) is 0 Å². The lowest BCUT2D eigenvalue weighted by Gasteiger charge is -2.17. The van der Waals surface area contributed by atoms with E-state index in [2.05, 4.69) is 5.73 Å². The third-order valence-corrected chi connectivity index (χ3v) is 5.99. The van der Waals surface area contributed by atoms with Crippen molar-refractivity contribution in [3.8, 4) is 5.75 Å². The minimum Gasteiger partial charge on any atom is -0.497 e. The summed E-state index contributed by atoms with van der Waals surface area (Å²) in [6.07, 6.45) is 0. The molecule has 6 heteroatoms. The van der Waals surface area contributed by atoms with Gasteiger partial charge in [-0.1, -0.05) is 12.1 Å². The number of methoxy groups -OCH3 is 1. The second-order valence-electron chi connectivity index (χ2n) is 5.48. The predicted molar refractivity (Wildman–Crippen MR) is 91.4 cm³/mol. The molecule has 2 aromatic rings. The summed E-state index contributed by atoms with van der Waals surface area (Å²) in [6, 6.07) is 14.0. The highest BCUT2D eigenvalue weighted by Crippen LogP contribution is 2.29. The molecule has 5 nitrogen and oxygen atoms in total. The first-order chi connectivity index (χ1) is 10.9. The van der Waals surface area contributed by atoms with Crippen molar-refractivity contribution >= 4 is 15.5 Å². The molecular formula is C17H23N2O3S+. The van der Waals surface area contributed by atoms with Crippen molar-refractivity contribution in [3.63, 3.8) is 0 Å².